The molecule has 0 aliphatic heterocycles. The van der Waals surface area contributed by atoms with E-state index < -0.39 is 5.54 Å². The maximum absolute atomic E-state index is 13.3. The number of amides is 3. The minimum atomic E-state index is -0.433. The number of urea groups is 1. The molecule has 3 rings (SSSR count). The second-order valence-corrected chi connectivity index (χ2v) is 11.5. The van der Waals surface area contributed by atoms with Gasteiger partial charge in [-0.25, -0.2) is 9.48 Å². The van der Waals surface area contributed by atoms with Crippen LogP contribution in [0.4, 0.5) is 4.79 Å². The third-order valence-electron chi connectivity index (χ3n) is 7.45. The standard InChI is InChI=1S/C26H45N5O3/c1-17(2)16-34-24-22(15-28-31(24)11-10-26(4,5)30-25(33)27-6)23(32)29-18(3)21-13-19-8-7-9-20(12-19)14-21/h15,17-21H,7-14,16H2,1-6H3,(H,29,32)(H2,27,30,33). The molecule has 0 aromatic carbocycles. The molecule has 2 fully saturated rings. The molecular formula is C26H45N5O3. The molecule has 0 spiro atoms. The summed E-state index contributed by atoms with van der Waals surface area (Å²) >= 11 is 0. The Labute approximate surface area is 205 Å². The fraction of sp³-hybridized carbons (Fsp3) is 0.808. The zero-order chi connectivity index (χ0) is 24.9. The van der Waals surface area contributed by atoms with Gasteiger partial charge in [-0.3, -0.25) is 4.79 Å². The number of ether oxygens (including phenoxy) is 1. The zero-order valence-electron chi connectivity index (χ0n) is 21.9. The predicted molar refractivity (Wildman–Crippen MR) is 134 cm³/mol. The SMILES string of the molecule is CNC(=O)NC(C)(C)CCn1ncc(C(=O)NC(C)C2CC3CCCC(C3)C2)c1OCC(C)C. The van der Waals surface area contributed by atoms with Crippen LogP contribution in [0.5, 0.6) is 5.88 Å². The van der Waals surface area contributed by atoms with Gasteiger partial charge >= 0.3 is 6.03 Å². The van der Waals surface area contributed by atoms with Crippen molar-refractivity contribution >= 4 is 11.9 Å². The molecule has 8 nitrogen and oxygen atoms in total. The van der Waals surface area contributed by atoms with Gasteiger partial charge in [0.25, 0.3) is 5.91 Å². The smallest absolute Gasteiger partial charge is 0.314 e. The van der Waals surface area contributed by atoms with Gasteiger partial charge in [-0.15, -0.1) is 0 Å². The number of carbonyl (C=O) groups is 2. The van der Waals surface area contributed by atoms with Crippen molar-refractivity contribution in [3.8, 4) is 5.88 Å². The van der Waals surface area contributed by atoms with Crippen LogP contribution in [0.3, 0.4) is 0 Å². The summed E-state index contributed by atoms with van der Waals surface area (Å²) in [5, 5.41) is 13.3. The second kappa shape index (κ2) is 11.5. The van der Waals surface area contributed by atoms with Gasteiger partial charge in [-0.05, 0) is 70.1 Å². The molecule has 192 valence electrons. The molecule has 0 saturated heterocycles. The molecule has 34 heavy (non-hydrogen) atoms. The van der Waals surface area contributed by atoms with Crippen molar-refractivity contribution in [2.24, 2.45) is 23.7 Å². The number of hydrogen-bond acceptors (Lipinski definition) is 4. The molecule has 2 saturated carbocycles. The van der Waals surface area contributed by atoms with E-state index in [-0.39, 0.29) is 18.0 Å². The third-order valence-corrected chi connectivity index (χ3v) is 7.45. The van der Waals surface area contributed by atoms with E-state index in [0.717, 1.165) is 11.8 Å². The highest BCUT2D eigenvalue weighted by Crippen LogP contribution is 2.43. The Bertz CT molecular complexity index is 822. The van der Waals surface area contributed by atoms with Gasteiger partial charge in [0.2, 0.25) is 5.88 Å². The van der Waals surface area contributed by atoms with Crippen molar-refractivity contribution in [3.63, 3.8) is 0 Å². The van der Waals surface area contributed by atoms with Crippen LogP contribution < -0.4 is 20.7 Å². The van der Waals surface area contributed by atoms with Gasteiger partial charge in [0, 0.05) is 25.2 Å². The van der Waals surface area contributed by atoms with Crippen LogP contribution in [-0.4, -0.2) is 47.0 Å². The quantitative estimate of drug-likeness (QED) is 0.469. The Morgan fingerprint density at radius 2 is 1.85 bits per heavy atom. The van der Waals surface area contributed by atoms with Gasteiger partial charge < -0.3 is 20.7 Å². The number of nitrogens with zero attached hydrogens (tertiary/aromatic N) is 2. The monoisotopic (exact) mass is 475 g/mol. The molecule has 2 aliphatic rings. The number of hydrogen-bond donors (Lipinski definition) is 3. The lowest BCUT2D eigenvalue weighted by Crippen LogP contribution is -2.47. The van der Waals surface area contributed by atoms with Crippen LogP contribution in [-0.2, 0) is 6.54 Å². The number of nitrogens with one attached hydrogen (secondary N) is 3. The van der Waals surface area contributed by atoms with Crippen LogP contribution >= 0.6 is 0 Å². The second-order valence-electron chi connectivity index (χ2n) is 11.5. The Morgan fingerprint density at radius 1 is 1.18 bits per heavy atom. The first kappa shape index (κ1) is 26.4. The van der Waals surface area contributed by atoms with Crippen LogP contribution in [0.25, 0.3) is 0 Å². The summed E-state index contributed by atoms with van der Waals surface area (Å²) in [4.78, 5) is 25.0. The van der Waals surface area contributed by atoms with E-state index in [1.807, 2.05) is 13.8 Å². The molecule has 3 amide bonds. The lowest BCUT2D eigenvalue weighted by molar-refractivity contribution is 0.0849. The van der Waals surface area contributed by atoms with Crippen LogP contribution in [0, 0.1) is 23.7 Å². The topological polar surface area (TPSA) is 97.3 Å². The molecule has 2 aliphatic carbocycles. The predicted octanol–water partition coefficient (Wildman–Crippen LogP) is 4.35. The maximum atomic E-state index is 13.3. The average Bonchev–Trinajstić information content (AvgIpc) is 3.18. The van der Waals surface area contributed by atoms with Crippen molar-refractivity contribution in [1.29, 1.82) is 0 Å². The largest absolute Gasteiger partial charge is 0.477 e. The van der Waals surface area contributed by atoms with E-state index >= 15 is 0 Å². The molecule has 3 atom stereocenters. The summed E-state index contributed by atoms with van der Waals surface area (Å²) in [6.07, 6.45) is 10.1. The summed E-state index contributed by atoms with van der Waals surface area (Å²) < 4.78 is 7.84. The van der Waals surface area contributed by atoms with E-state index in [4.69, 9.17) is 4.74 Å². The Hall–Kier alpha value is -2.25. The van der Waals surface area contributed by atoms with E-state index in [2.05, 4.69) is 41.8 Å². The zero-order valence-corrected chi connectivity index (χ0v) is 21.9. The van der Waals surface area contributed by atoms with Gasteiger partial charge in [0.1, 0.15) is 5.56 Å². The molecule has 3 N–H and O–H groups in total. The molecule has 1 heterocycles. The highest BCUT2D eigenvalue weighted by molar-refractivity contribution is 5.96. The maximum Gasteiger partial charge on any atom is 0.314 e. The van der Waals surface area contributed by atoms with Gasteiger partial charge in [-0.1, -0.05) is 33.1 Å². The van der Waals surface area contributed by atoms with Crippen LogP contribution in [0.2, 0.25) is 0 Å². The lowest BCUT2D eigenvalue weighted by atomic mass is 9.66. The first-order valence-corrected chi connectivity index (χ1v) is 13.1. The van der Waals surface area contributed by atoms with Crippen molar-refractivity contribution < 1.29 is 14.3 Å². The summed E-state index contributed by atoms with van der Waals surface area (Å²) in [5.41, 5.74) is 0.0534. The summed E-state index contributed by atoms with van der Waals surface area (Å²) in [6.45, 7) is 11.3. The van der Waals surface area contributed by atoms with Crippen LogP contribution in [0.1, 0.15) is 89.9 Å². The van der Waals surface area contributed by atoms with Crippen molar-refractivity contribution in [2.75, 3.05) is 13.7 Å². The fourth-order valence-corrected chi connectivity index (χ4v) is 5.50. The van der Waals surface area contributed by atoms with E-state index in [1.54, 1.807) is 17.9 Å². The first-order valence-electron chi connectivity index (χ1n) is 13.1. The highest BCUT2D eigenvalue weighted by atomic mass is 16.5. The van der Waals surface area contributed by atoms with E-state index in [1.165, 1.54) is 38.5 Å². The Kier molecular flexibility index (Phi) is 8.88. The molecular weight excluding hydrogens is 430 g/mol. The molecule has 1 aromatic heterocycles. The highest BCUT2D eigenvalue weighted by Gasteiger charge is 2.35. The summed E-state index contributed by atoms with van der Waals surface area (Å²) in [7, 11) is 1.60. The third kappa shape index (κ3) is 7.12. The van der Waals surface area contributed by atoms with Crippen molar-refractivity contribution in [2.45, 2.75) is 97.7 Å². The molecule has 3 unspecified atom stereocenters. The summed E-state index contributed by atoms with van der Waals surface area (Å²) in [6, 6.07) is -0.0875. The van der Waals surface area contributed by atoms with E-state index in [9.17, 15) is 9.59 Å². The van der Waals surface area contributed by atoms with Gasteiger partial charge in [-0.2, -0.15) is 5.10 Å². The minimum Gasteiger partial charge on any atom is -0.477 e. The van der Waals surface area contributed by atoms with Crippen LogP contribution in [0.15, 0.2) is 6.20 Å². The fourth-order valence-electron chi connectivity index (χ4n) is 5.50. The first-order chi connectivity index (χ1) is 16.1. The number of aryl methyl sites for hydroxylation is 1. The average molecular weight is 476 g/mol. The Balaban J connectivity index is 1.67. The molecule has 0 radical (unpaired) electrons. The lowest BCUT2D eigenvalue weighted by Gasteiger charge is -2.41. The number of rotatable bonds is 10. The summed E-state index contributed by atoms with van der Waals surface area (Å²) in [5.74, 6) is 2.92. The number of fused-ring (bicyclic) bond motifs is 2. The Morgan fingerprint density at radius 3 is 2.47 bits per heavy atom. The van der Waals surface area contributed by atoms with E-state index in [0.29, 0.717) is 42.9 Å². The van der Waals surface area contributed by atoms with Gasteiger partial charge in [0.15, 0.2) is 0 Å². The molecule has 8 heteroatoms. The van der Waals surface area contributed by atoms with Crippen molar-refractivity contribution in [3.05, 3.63) is 11.8 Å². The van der Waals surface area contributed by atoms with Gasteiger partial charge in [0.05, 0.1) is 12.8 Å². The number of carbonyl (C=O) groups excluding carboxylic acids is 2. The number of aromatic nitrogens is 2. The minimum absolute atomic E-state index is 0.115. The normalized spacial score (nSPS) is 23.3. The van der Waals surface area contributed by atoms with Crippen molar-refractivity contribution in [1.82, 2.24) is 25.7 Å². The molecule has 1 aromatic rings. The molecule has 2 bridgehead atoms.